The summed E-state index contributed by atoms with van der Waals surface area (Å²) in [5, 5.41) is 3.40. The van der Waals surface area contributed by atoms with Crippen LogP contribution in [0.15, 0.2) is 36.5 Å². The van der Waals surface area contributed by atoms with Crippen molar-refractivity contribution in [1.29, 1.82) is 0 Å². The number of aromatic nitrogens is 1. The smallest absolute Gasteiger partial charge is 0.167 e. The molecule has 0 amide bonds. The lowest BCUT2D eigenvalue weighted by molar-refractivity contribution is 0.386. The molecular weight excluding hydrogens is 267 g/mol. The van der Waals surface area contributed by atoms with Crippen molar-refractivity contribution < 1.29 is 9.13 Å². The van der Waals surface area contributed by atoms with Crippen LogP contribution in [-0.2, 0) is 0 Å². The summed E-state index contributed by atoms with van der Waals surface area (Å²) < 4.78 is 18.3. The number of nitrogens with one attached hydrogen (secondary N) is 1. The molecule has 0 aliphatic heterocycles. The van der Waals surface area contributed by atoms with Crippen molar-refractivity contribution in [1.82, 2.24) is 4.98 Å². The summed E-state index contributed by atoms with van der Waals surface area (Å²) >= 11 is 5.74. The predicted octanol–water partition coefficient (Wildman–Crippen LogP) is 4.65. The van der Waals surface area contributed by atoms with Gasteiger partial charge in [0.05, 0.1) is 7.11 Å². The number of ether oxygens (including phenoxy) is 1. The van der Waals surface area contributed by atoms with E-state index in [0.717, 1.165) is 5.69 Å². The molecule has 2 aromatic rings. The monoisotopic (exact) mass is 282 g/mol. The Morgan fingerprint density at radius 2 is 1.84 bits per heavy atom. The number of methoxy groups -OCH3 is 1. The fraction of sp³-hybridized carbons (Fsp3) is 0.214. The molecule has 3 nitrogen and oxygen atoms in total. The average molecular weight is 283 g/mol. The van der Waals surface area contributed by atoms with Crippen molar-refractivity contribution in [2.45, 2.75) is 13.8 Å². The molecule has 0 saturated heterocycles. The lowest BCUT2D eigenvalue weighted by atomic mass is 10.2. The van der Waals surface area contributed by atoms with E-state index in [0.29, 0.717) is 10.8 Å². The molecule has 0 spiro atoms. The Labute approximate surface area is 117 Å². The van der Waals surface area contributed by atoms with E-state index < -0.39 is 5.82 Å². The van der Waals surface area contributed by atoms with Gasteiger partial charge in [-0.25, -0.2) is 9.37 Å². The molecule has 0 radical (unpaired) electrons. The van der Waals surface area contributed by atoms with Gasteiger partial charge in [0.25, 0.3) is 0 Å². The van der Waals surface area contributed by atoms with E-state index in [2.05, 4.69) is 10.3 Å². The third kappa shape index (κ3) is 4.41. The summed E-state index contributed by atoms with van der Waals surface area (Å²) in [7, 11) is 1.42. The maximum atomic E-state index is 13.4. The lowest BCUT2D eigenvalue weighted by Gasteiger charge is -2.08. The van der Waals surface area contributed by atoms with Crippen LogP contribution in [0.4, 0.5) is 15.8 Å². The molecule has 0 atom stereocenters. The number of rotatable bonds is 3. The molecule has 5 heteroatoms. The molecule has 1 N–H and O–H groups in total. The summed E-state index contributed by atoms with van der Waals surface area (Å²) in [4.78, 5) is 3.86. The third-order valence-corrected chi connectivity index (χ3v) is 2.37. The molecule has 0 aliphatic carbocycles. The highest BCUT2D eigenvalue weighted by atomic mass is 35.5. The molecule has 1 heterocycles. The van der Waals surface area contributed by atoms with Crippen LogP contribution < -0.4 is 10.1 Å². The van der Waals surface area contributed by atoms with Crippen molar-refractivity contribution in [3.05, 3.63) is 47.5 Å². The normalized spacial score (nSPS) is 9.32. The zero-order chi connectivity index (χ0) is 14.3. The number of nitrogens with zero attached hydrogens (tertiary/aromatic N) is 1. The second-order valence-corrected chi connectivity index (χ2v) is 3.73. The highest BCUT2D eigenvalue weighted by Gasteiger charge is 2.03. The molecule has 19 heavy (non-hydrogen) atoms. The number of anilines is 2. The minimum Gasteiger partial charge on any atom is -0.494 e. The Morgan fingerprint density at radius 3 is 2.42 bits per heavy atom. The first-order chi connectivity index (χ1) is 9.19. The van der Waals surface area contributed by atoms with E-state index in [9.17, 15) is 4.39 Å². The largest absolute Gasteiger partial charge is 0.494 e. The van der Waals surface area contributed by atoms with Crippen molar-refractivity contribution in [2.75, 3.05) is 12.4 Å². The second kappa shape index (κ2) is 7.59. The SMILES string of the molecule is CC.COc1ccc(Nc2ccnc(Cl)c2)cc1F. The molecule has 1 aromatic carbocycles. The first-order valence-corrected chi connectivity index (χ1v) is 6.29. The van der Waals surface area contributed by atoms with E-state index >= 15 is 0 Å². The van der Waals surface area contributed by atoms with Crippen molar-refractivity contribution >= 4 is 23.0 Å². The Hall–Kier alpha value is -1.81. The van der Waals surface area contributed by atoms with E-state index in [1.54, 1.807) is 30.5 Å². The molecular formula is C14H16ClFN2O. The Morgan fingerprint density at radius 1 is 1.16 bits per heavy atom. The van der Waals surface area contributed by atoms with Gasteiger partial charge in [0.2, 0.25) is 0 Å². The van der Waals surface area contributed by atoms with Gasteiger partial charge in [-0.1, -0.05) is 25.4 Å². The summed E-state index contributed by atoms with van der Waals surface area (Å²) in [6.45, 7) is 4.00. The third-order valence-electron chi connectivity index (χ3n) is 2.17. The fourth-order valence-corrected chi connectivity index (χ4v) is 1.56. The van der Waals surface area contributed by atoms with Crippen LogP contribution in [0.1, 0.15) is 13.8 Å². The molecule has 0 aliphatic rings. The van der Waals surface area contributed by atoms with Gasteiger partial charge in [-0.15, -0.1) is 0 Å². The quantitative estimate of drug-likeness (QED) is 0.832. The Kier molecular flexibility index (Phi) is 6.09. The minimum absolute atomic E-state index is 0.211. The molecule has 1 aromatic heterocycles. The van der Waals surface area contributed by atoms with Crippen LogP contribution in [0.25, 0.3) is 0 Å². The minimum atomic E-state index is -0.419. The van der Waals surface area contributed by atoms with Crippen LogP contribution in [-0.4, -0.2) is 12.1 Å². The van der Waals surface area contributed by atoms with Gasteiger partial charge in [0.1, 0.15) is 5.15 Å². The second-order valence-electron chi connectivity index (χ2n) is 3.34. The molecule has 0 saturated carbocycles. The van der Waals surface area contributed by atoms with Gasteiger partial charge in [-0.05, 0) is 24.3 Å². The maximum Gasteiger partial charge on any atom is 0.167 e. The van der Waals surface area contributed by atoms with Gasteiger partial charge in [0, 0.05) is 23.6 Å². The van der Waals surface area contributed by atoms with Crippen LogP contribution in [0.5, 0.6) is 5.75 Å². The van der Waals surface area contributed by atoms with Gasteiger partial charge in [-0.2, -0.15) is 0 Å². The van der Waals surface area contributed by atoms with Crippen LogP contribution in [0, 0.1) is 5.82 Å². The van der Waals surface area contributed by atoms with E-state index in [-0.39, 0.29) is 5.75 Å². The predicted molar refractivity (Wildman–Crippen MR) is 76.8 cm³/mol. The summed E-state index contributed by atoms with van der Waals surface area (Å²) in [6, 6.07) is 8.03. The number of benzene rings is 1. The van der Waals surface area contributed by atoms with Crippen molar-refractivity contribution in [3.63, 3.8) is 0 Å². The first kappa shape index (κ1) is 15.2. The lowest BCUT2D eigenvalue weighted by Crippen LogP contribution is -1.93. The number of pyridine rings is 1. The van der Waals surface area contributed by atoms with Gasteiger partial charge in [0.15, 0.2) is 11.6 Å². The number of hydrogen-bond donors (Lipinski definition) is 1. The standard InChI is InChI=1S/C12H10ClFN2O.C2H6/c1-17-11-3-2-8(6-10(11)14)16-9-4-5-15-12(13)7-9;1-2/h2-7H,1H3,(H,15,16);1-2H3. The Bertz CT molecular complexity index is 535. The summed E-state index contributed by atoms with van der Waals surface area (Å²) in [5.74, 6) is -0.207. The molecule has 0 bridgehead atoms. The maximum absolute atomic E-state index is 13.4. The molecule has 2 rings (SSSR count). The van der Waals surface area contributed by atoms with Gasteiger partial charge < -0.3 is 10.1 Å². The van der Waals surface area contributed by atoms with Gasteiger partial charge in [-0.3, -0.25) is 0 Å². The van der Waals surface area contributed by atoms with Gasteiger partial charge >= 0.3 is 0 Å². The summed E-state index contributed by atoms with van der Waals surface area (Å²) in [6.07, 6.45) is 1.57. The fourth-order valence-electron chi connectivity index (χ4n) is 1.39. The Balaban J connectivity index is 0.000000861. The number of hydrogen-bond acceptors (Lipinski definition) is 3. The highest BCUT2D eigenvalue weighted by Crippen LogP contribution is 2.24. The summed E-state index contributed by atoms with van der Waals surface area (Å²) in [5.41, 5.74) is 1.36. The molecule has 0 fully saturated rings. The zero-order valence-corrected chi connectivity index (χ0v) is 11.8. The van der Waals surface area contributed by atoms with Crippen LogP contribution >= 0.6 is 11.6 Å². The van der Waals surface area contributed by atoms with E-state index in [1.807, 2.05) is 13.8 Å². The topological polar surface area (TPSA) is 34.1 Å². The van der Waals surface area contributed by atoms with Crippen LogP contribution in [0.2, 0.25) is 5.15 Å². The highest BCUT2D eigenvalue weighted by molar-refractivity contribution is 6.29. The van der Waals surface area contributed by atoms with Crippen molar-refractivity contribution in [2.24, 2.45) is 0 Å². The average Bonchev–Trinajstić information content (AvgIpc) is 2.41. The molecule has 102 valence electrons. The van der Waals surface area contributed by atoms with Crippen molar-refractivity contribution in [3.8, 4) is 5.75 Å². The van der Waals surface area contributed by atoms with Crippen LogP contribution in [0.3, 0.4) is 0 Å². The van der Waals surface area contributed by atoms with E-state index in [1.165, 1.54) is 13.2 Å². The first-order valence-electron chi connectivity index (χ1n) is 5.91. The van der Waals surface area contributed by atoms with E-state index in [4.69, 9.17) is 16.3 Å². The number of halogens is 2. The molecule has 0 unspecified atom stereocenters. The zero-order valence-electron chi connectivity index (χ0n) is 11.1.